The summed E-state index contributed by atoms with van der Waals surface area (Å²) in [5.41, 5.74) is 0.0230. The van der Waals surface area contributed by atoms with Gasteiger partial charge in [0, 0.05) is 13.6 Å². The van der Waals surface area contributed by atoms with Gasteiger partial charge < -0.3 is 9.64 Å². The monoisotopic (exact) mass is 357 g/mol. The van der Waals surface area contributed by atoms with Crippen molar-refractivity contribution in [3.63, 3.8) is 0 Å². The number of unbranched alkanes of at least 4 members (excludes halogenated alkanes) is 1. The Kier molecular flexibility index (Phi) is 7.23. The molecule has 0 heterocycles. The minimum atomic E-state index is -4.16. The summed E-state index contributed by atoms with van der Waals surface area (Å²) < 4.78 is 37.9. The molecule has 0 aliphatic carbocycles. The number of hydrogen-bond acceptors (Lipinski definition) is 4. The van der Waals surface area contributed by atoms with Gasteiger partial charge >= 0.3 is 6.09 Å². The summed E-state index contributed by atoms with van der Waals surface area (Å²) >= 11 is 0. The minimum absolute atomic E-state index is 0.297. The summed E-state index contributed by atoms with van der Waals surface area (Å²) in [4.78, 5) is 13.3. The number of ether oxygens (including phenoxy) is 1. The Morgan fingerprint density at radius 1 is 1.21 bits per heavy atom. The van der Waals surface area contributed by atoms with E-state index in [1.807, 2.05) is 0 Å². The maximum absolute atomic E-state index is 11.8. The fourth-order valence-corrected chi connectivity index (χ4v) is 3.23. The van der Waals surface area contributed by atoms with Gasteiger partial charge in [0.15, 0.2) is 0 Å². The average Bonchev–Trinajstić information content (AvgIpc) is 2.44. The standard InChI is InChI=1S/C17H27NO5S/c1-17(2,3)23-16(19)18(4)13-9-8-12-15(24(20,21)22)14-10-6-5-7-11-14/h5-7,10-11,15H,8-9,12-13H2,1-4H3,(H,20,21,22). The maximum atomic E-state index is 11.8. The molecular weight excluding hydrogens is 330 g/mol. The first-order valence-electron chi connectivity index (χ1n) is 7.96. The van der Waals surface area contributed by atoms with E-state index in [9.17, 15) is 17.8 Å². The lowest BCUT2D eigenvalue weighted by atomic mass is 10.1. The van der Waals surface area contributed by atoms with Gasteiger partial charge in [0.25, 0.3) is 10.1 Å². The van der Waals surface area contributed by atoms with E-state index >= 15 is 0 Å². The third-order valence-corrected chi connectivity index (χ3v) is 4.67. The van der Waals surface area contributed by atoms with Gasteiger partial charge in [0.05, 0.1) is 0 Å². The molecule has 136 valence electrons. The van der Waals surface area contributed by atoms with Gasteiger partial charge in [-0.05, 0) is 45.6 Å². The van der Waals surface area contributed by atoms with Crippen LogP contribution in [0.3, 0.4) is 0 Å². The zero-order valence-corrected chi connectivity index (χ0v) is 15.5. The van der Waals surface area contributed by atoms with Crippen molar-refractivity contribution in [1.82, 2.24) is 4.90 Å². The zero-order valence-electron chi connectivity index (χ0n) is 14.7. The van der Waals surface area contributed by atoms with Crippen LogP contribution in [0.4, 0.5) is 4.79 Å². The van der Waals surface area contributed by atoms with Crippen molar-refractivity contribution in [2.75, 3.05) is 13.6 Å². The van der Waals surface area contributed by atoms with E-state index < -0.39 is 27.1 Å². The molecule has 0 saturated carbocycles. The third-order valence-electron chi connectivity index (χ3n) is 3.45. The lowest BCUT2D eigenvalue weighted by Crippen LogP contribution is -2.34. The number of carbonyl (C=O) groups excluding carboxylic acids is 1. The first-order chi connectivity index (χ1) is 11.0. The van der Waals surface area contributed by atoms with Gasteiger partial charge in [-0.3, -0.25) is 4.55 Å². The Morgan fingerprint density at radius 2 is 1.79 bits per heavy atom. The third kappa shape index (κ3) is 7.31. The van der Waals surface area contributed by atoms with Crippen molar-refractivity contribution in [2.45, 2.75) is 50.9 Å². The van der Waals surface area contributed by atoms with Crippen LogP contribution in [-0.2, 0) is 14.9 Å². The van der Waals surface area contributed by atoms with Crippen LogP contribution >= 0.6 is 0 Å². The van der Waals surface area contributed by atoms with Gasteiger partial charge in [0.1, 0.15) is 10.9 Å². The van der Waals surface area contributed by atoms with Crippen molar-refractivity contribution in [1.29, 1.82) is 0 Å². The molecule has 0 aliphatic rings. The molecule has 24 heavy (non-hydrogen) atoms. The number of benzene rings is 1. The second-order valence-electron chi connectivity index (χ2n) is 6.81. The number of carbonyl (C=O) groups is 1. The second kappa shape index (κ2) is 8.48. The predicted molar refractivity (Wildman–Crippen MR) is 93.4 cm³/mol. The molecule has 0 spiro atoms. The highest BCUT2D eigenvalue weighted by Crippen LogP contribution is 2.27. The molecule has 7 heteroatoms. The highest BCUT2D eigenvalue weighted by atomic mass is 32.2. The van der Waals surface area contributed by atoms with Crippen LogP contribution in [0.2, 0.25) is 0 Å². The van der Waals surface area contributed by atoms with Gasteiger partial charge in [-0.2, -0.15) is 8.42 Å². The van der Waals surface area contributed by atoms with Crippen molar-refractivity contribution < 1.29 is 22.5 Å². The van der Waals surface area contributed by atoms with Crippen LogP contribution in [0.25, 0.3) is 0 Å². The molecule has 6 nitrogen and oxygen atoms in total. The Bertz CT molecular complexity index is 622. The van der Waals surface area contributed by atoms with E-state index in [1.165, 1.54) is 4.90 Å². The largest absolute Gasteiger partial charge is 0.444 e. The Morgan fingerprint density at radius 3 is 2.29 bits per heavy atom. The van der Waals surface area contributed by atoms with E-state index in [-0.39, 0.29) is 0 Å². The molecule has 1 atom stereocenters. The zero-order chi connectivity index (χ0) is 18.4. The van der Waals surface area contributed by atoms with Gasteiger partial charge in [-0.15, -0.1) is 0 Å². The van der Waals surface area contributed by atoms with Crippen LogP contribution in [0.5, 0.6) is 0 Å². The topological polar surface area (TPSA) is 83.9 Å². The fourth-order valence-electron chi connectivity index (χ4n) is 2.27. The fraction of sp³-hybridized carbons (Fsp3) is 0.588. The van der Waals surface area contributed by atoms with Gasteiger partial charge in [-0.1, -0.05) is 30.3 Å². The van der Waals surface area contributed by atoms with E-state index in [0.29, 0.717) is 31.4 Å². The van der Waals surface area contributed by atoms with Crippen molar-refractivity contribution >= 4 is 16.2 Å². The molecule has 1 rings (SSSR count). The average molecular weight is 357 g/mol. The molecular formula is C17H27NO5S. The summed E-state index contributed by atoms with van der Waals surface area (Å²) in [5.74, 6) is 0. The number of nitrogens with zero attached hydrogens (tertiary/aromatic N) is 1. The first-order valence-corrected chi connectivity index (χ1v) is 9.46. The van der Waals surface area contributed by atoms with Crippen molar-refractivity contribution in [2.24, 2.45) is 0 Å². The summed E-state index contributed by atoms with van der Waals surface area (Å²) in [6.45, 7) is 5.86. The highest BCUT2D eigenvalue weighted by Gasteiger charge is 2.24. The molecule has 1 N–H and O–H groups in total. The molecule has 0 saturated heterocycles. The van der Waals surface area contributed by atoms with Crippen LogP contribution in [0.1, 0.15) is 50.8 Å². The summed E-state index contributed by atoms with van der Waals surface area (Å²) in [5, 5.41) is -0.939. The molecule has 0 radical (unpaired) electrons. The molecule has 1 aromatic carbocycles. The molecule has 0 aliphatic heterocycles. The second-order valence-corrected chi connectivity index (χ2v) is 8.41. The minimum Gasteiger partial charge on any atom is -0.444 e. The lowest BCUT2D eigenvalue weighted by Gasteiger charge is -2.24. The van der Waals surface area contributed by atoms with Crippen LogP contribution in [0.15, 0.2) is 30.3 Å². The number of rotatable bonds is 7. The number of hydrogen-bond donors (Lipinski definition) is 1. The molecule has 0 aromatic heterocycles. The lowest BCUT2D eigenvalue weighted by molar-refractivity contribution is 0.0296. The Labute approximate surface area is 144 Å². The molecule has 1 amide bonds. The van der Waals surface area contributed by atoms with Crippen LogP contribution in [-0.4, -0.2) is 43.2 Å². The SMILES string of the molecule is CN(CCCCC(c1ccccc1)S(=O)(=O)O)C(=O)OC(C)(C)C. The predicted octanol–water partition coefficient (Wildman–Crippen LogP) is 3.65. The molecule has 0 fully saturated rings. The van der Waals surface area contributed by atoms with E-state index in [0.717, 1.165) is 0 Å². The summed E-state index contributed by atoms with van der Waals surface area (Å²) in [6.07, 6.45) is 1.07. The van der Waals surface area contributed by atoms with E-state index in [4.69, 9.17) is 4.74 Å². The van der Waals surface area contributed by atoms with Crippen molar-refractivity contribution in [3.8, 4) is 0 Å². The molecule has 1 aromatic rings. The van der Waals surface area contributed by atoms with Crippen molar-refractivity contribution in [3.05, 3.63) is 35.9 Å². The first kappa shape index (κ1) is 20.4. The summed E-state index contributed by atoms with van der Waals surface area (Å²) in [6, 6.07) is 8.64. The highest BCUT2D eigenvalue weighted by molar-refractivity contribution is 7.86. The van der Waals surface area contributed by atoms with Gasteiger partial charge in [-0.25, -0.2) is 4.79 Å². The smallest absolute Gasteiger partial charge is 0.410 e. The van der Waals surface area contributed by atoms with Crippen LogP contribution < -0.4 is 0 Å². The van der Waals surface area contributed by atoms with E-state index in [1.54, 1.807) is 58.2 Å². The maximum Gasteiger partial charge on any atom is 0.410 e. The quantitative estimate of drug-likeness (QED) is 0.595. The van der Waals surface area contributed by atoms with Gasteiger partial charge in [0.2, 0.25) is 0 Å². The molecule has 0 bridgehead atoms. The normalized spacial score (nSPS) is 13.4. The Hall–Kier alpha value is -1.60. The number of amides is 1. The van der Waals surface area contributed by atoms with Crippen LogP contribution in [0, 0.1) is 0 Å². The molecule has 1 unspecified atom stereocenters. The Balaban J connectivity index is 2.51. The summed E-state index contributed by atoms with van der Waals surface area (Å²) in [7, 11) is -2.52. The van der Waals surface area contributed by atoms with E-state index in [2.05, 4.69) is 0 Å².